The van der Waals surface area contributed by atoms with Gasteiger partial charge < -0.3 is 29.4 Å². The van der Waals surface area contributed by atoms with Crippen molar-refractivity contribution in [1.29, 1.82) is 0 Å². The molecular weight excluding hydrogens is 404 g/mol. The Morgan fingerprint density at radius 3 is 2.30 bits per heavy atom. The Morgan fingerprint density at radius 1 is 1.17 bits per heavy atom. The van der Waals surface area contributed by atoms with Crippen LogP contribution in [0.3, 0.4) is 0 Å². The maximum Gasteiger partial charge on any atom is 0.303 e. The molecule has 164 valence electrons. The summed E-state index contributed by atoms with van der Waals surface area (Å²) in [6, 6.07) is 3.89. The van der Waals surface area contributed by atoms with Gasteiger partial charge in [0.15, 0.2) is 6.10 Å². The Hall–Kier alpha value is -3.25. The molecule has 0 unspecified atom stereocenters. The molecule has 1 heterocycles. The van der Waals surface area contributed by atoms with Crippen LogP contribution in [0.2, 0.25) is 0 Å². The van der Waals surface area contributed by atoms with Crippen LogP contribution in [0.5, 0.6) is 5.75 Å². The topological polar surface area (TPSA) is 164 Å². The summed E-state index contributed by atoms with van der Waals surface area (Å²) >= 11 is 0. The van der Waals surface area contributed by atoms with Crippen LogP contribution in [0.1, 0.15) is 20.8 Å². The molecule has 1 amide bonds. The lowest BCUT2D eigenvalue weighted by Crippen LogP contribution is -2.66. The maximum absolute atomic E-state index is 11.6. The highest BCUT2D eigenvalue weighted by molar-refractivity contribution is 5.73. The number of carbonyl (C=O) groups is 3. The second-order valence-electron chi connectivity index (χ2n) is 6.51. The minimum atomic E-state index is -1.46. The SMILES string of the molecule is CC(=O)N[C@@H]1[C@H](Oc2ccc([N+](=O)[O-])cc2)O[C@H](COC(C)=O)[C@@H](OC(C)=O)[C@@H]1O. The van der Waals surface area contributed by atoms with Crippen molar-refractivity contribution in [2.45, 2.75) is 51.4 Å². The zero-order chi connectivity index (χ0) is 22.4. The van der Waals surface area contributed by atoms with E-state index in [1.807, 2.05) is 0 Å². The number of ether oxygens (including phenoxy) is 4. The zero-order valence-corrected chi connectivity index (χ0v) is 16.5. The van der Waals surface area contributed by atoms with Gasteiger partial charge in [-0.25, -0.2) is 0 Å². The fraction of sp³-hybridized carbons (Fsp3) is 0.500. The number of nitro benzene ring substituents is 1. The quantitative estimate of drug-likeness (QED) is 0.346. The van der Waals surface area contributed by atoms with Crippen molar-refractivity contribution in [3.05, 3.63) is 34.4 Å². The van der Waals surface area contributed by atoms with E-state index in [-0.39, 0.29) is 18.0 Å². The fourth-order valence-electron chi connectivity index (χ4n) is 2.86. The lowest BCUT2D eigenvalue weighted by Gasteiger charge is -2.43. The number of nitrogens with zero attached hydrogens (tertiary/aromatic N) is 1. The van der Waals surface area contributed by atoms with Crippen molar-refractivity contribution < 1.29 is 43.4 Å². The smallest absolute Gasteiger partial charge is 0.303 e. The first-order valence-corrected chi connectivity index (χ1v) is 8.90. The average molecular weight is 426 g/mol. The van der Waals surface area contributed by atoms with Crippen LogP contribution in [-0.2, 0) is 28.6 Å². The minimum Gasteiger partial charge on any atom is -0.463 e. The second-order valence-corrected chi connectivity index (χ2v) is 6.51. The molecule has 0 saturated carbocycles. The number of benzene rings is 1. The molecule has 1 aliphatic heterocycles. The number of non-ortho nitro benzene ring substituents is 1. The fourth-order valence-corrected chi connectivity index (χ4v) is 2.86. The van der Waals surface area contributed by atoms with E-state index in [9.17, 15) is 29.6 Å². The lowest BCUT2D eigenvalue weighted by atomic mass is 9.96. The molecule has 1 aliphatic rings. The third kappa shape index (κ3) is 6.12. The molecule has 1 saturated heterocycles. The Balaban J connectivity index is 2.29. The highest BCUT2D eigenvalue weighted by Gasteiger charge is 2.49. The molecule has 5 atom stereocenters. The number of hydrogen-bond donors (Lipinski definition) is 2. The van der Waals surface area contributed by atoms with Crippen LogP contribution in [0, 0.1) is 10.1 Å². The third-order valence-electron chi connectivity index (χ3n) is 4.10. The van der Waals surface area contributed by atoms with Crippen LogP contribution >= 0.6 is 0 Å². The number of aliphatic hydroxyl groups is 1. The van der Waals surface area contributed by atoms with Gasteiger partial charge in [0.2, 0.25) is 12.2 Å². The number of nitro groups is 1. The molecule has 0 aliphatic carbocycles. The van der Waals surface area contributed by atoms with E-state index in [0.29, 0.717) is 0 Å². The summed E-state index contributed by atoms with van der Waals surface area (Å²) in [6.45, 7) is 3.16. The van der Waals surface area contributed by atoms with Gasteiger partial charge in [-0.3, -0.25) is 24.5 Å². The van der Waals surface area contributed by atoms with E-state index < -0.39 is 53.4 Å². The van der Waals surface area contributed by atoms with Crippen molar-refractivity contribution in [3.8, 4) is 5.75 Å². The standard InChI is InChI=1S/C18H22N2O10/c1-9(21)19-15-16(24)17(28-11(3)23)14(8-27-10(2)22)30-18(15)29-13-6-4-12(5-7-13)20(25)26/h4-7,14-18,24H,8H2,1-3H3,(H,19,21)/t14-,15+,16-,17-,18-/m1/s1. The van der Waals surface area contributed by atoms with E-state index in [1.54, 1.807) is 0 Å². The van der Waals surface area contributed by atoms with Crippen LogP contribution in [0.15, 0.2) is 24.3 Å². The maximum atomic E-state index is 11.6. The summed E-state index contributed by atoms with van der Waals surface area (Å²) in [5.74, 6) is -1.69. The molecule has 1 aromatic rings. The second kappa shape index (κ2) is 9.98. The number of hydrogen-bond acceptors (Lipinski definition) is 10. The summed E-state index contributed by atoms with van der Waals surface area (Å²) in [4.78, 5) is 44.5. The van der Waals surface area contributed by atoms with Crippen molar-refractivity contribution in [1.82, 2.24) is 5.32 Å². The molecular formula is C18H22N2O10. The van der Waals surface area contributed by atoms with Gasteiger partial charge in [-0.15, -0.1) is 0 Å². The van der Waals surface area contributed by atoms with Gasteiger partial charge in [-0.2, -0.15) is 0 Å². The molecule has 0 bridgehead atoms. The number of nitrogens with one attached hydrogen (secondary N) is 1. The Morgan fingerprint density at radius 2 is 1.80 bits per heavy atom. The van der Waals surface area contributed by atoms with Gasteiger partial charge >= 0.3 is 11.9 Å². The Kier molecular flexibility index (Phi) is 7.66. The molecule has 30 heavy (non-hydrogen) atoms. The number of carbonyl (C=O) groups excluding carboxylic acids is 3. The van der Waals surface area contributed by atoms with Crippen molar-refractivity contribution in [2.75, 3.05) is 6.61 Å². The van der Waals surface area contributed by atoms with Crippen LogP contribution < -0.4 is 10.1 Å². The van der Waals surface area contributed by atoms with E-state index in [4.69, 9.17) is 18.9 Å². The van der Waals surface area contributed by atoms with Gasteiger partial charge in [-0.1, -0.05) is 0 Å². The first-order chi connectivity index (χ1) is 14.1. The highest BCUT2D eigenvalue weighted by atomic mass is 16.7. The van der Waals surface area contributed by atoms with E-state index in [2.05, 4.69) is 5.32 Å². The highest BCUT2D eigenvalue weighted by Crippen LogP contribution is 2.27. The Labute approximate surface area is 171 Å². The van der Waals surface area contributed by atoms with Crippen LogP contribution in [-0.4, -0.2) is 65.1 Å². The molecule has 0 spiro atoms. The summed E-state index contributed by atoms with van der Waals surface area (Å²) in [6.07, 6.45) is -5.09. The van der Waals surface area contributed by atoms with Crippen LogP contribution in [0.25, 0.3) is 0 Å². The molecule has 2 N–H and O–H groups in total. The van der Waals surface area contributed by atoms with Gasteiger partial charge in [0.1, 0.15) is 30.6 Å². The first-order valence-electron chi connectivity index (χ1n) is 8.90. The predicted molar refractivity (Wildman–Crippen MR) is 98.2 cm³/mol. The monoisotopic (exact) mass is 426 g/mol. The summed E-state index contributed by atoms with van der Waals surface area (Å²) < 4.78 is 21.4. The first kappa shape index (κ1) is 23.0. The number of rotatable bonds is 7. The minimum absolute atomic E-state index is 0.158. The number of amides is 1. The van der Waals surface area contributed by atoms with E-state index in [1.165, 1.54) is 38.1 Å². The summed E-state index contributed by atoms with van der Waals surface area (Å²) in [5, 5.41) is 24.0. The molecule has 1 aromatic carbocycles. The molecule has 1 fully saturated rings. The van der Waals surface area contributed by atoms with Crippen molar-refractivity contribution in [2.24, 2.45) is 0 Å². The van der Waals surface area contributed by atoms with Crippen molar-refractivity contribution in [3.63, 3.8) is 0 Å². The summed E-state index contributed by atoms with van der Waals surface area (Å²) in [5.41, 5.74) is -0.159. The average Bonchev–Trinajstić information content (AvgIpc) is 2.65. The summed E-state index contributed by atoms with van der Waals surface area (Å²) in [7, 11) is 0. The molecule has 2 rings (SSSR count). The third-order valence-corrected chi connectivity index (χ3v) is 4.10. The molecule has 0 aromatic heterocycles. The van der Waals surface area contributed by atoms with Gasteiger partial charge in [0, 0.05) is 32.9 Å². The number of esters is 2. The normalized spacial score (nSPS) is 25.7. The van der Waals surface area contributed by atoms with Gasteiger partial charge in [0.05, 0.1) is 4.92 Å². The largest absolute Gasteiger partial charge is 0.463 e. The lowest BCUT2D eigenvalue weighted by molar-refractivity contribution is -0.384. The molecule has 12 heteroatoms. The van der Waals surface area contributed by atoms with Gasteiger partial charge in [-0.05, 0) is 12.1 Å². The Bertz CT molecular complexity index is 795. The van der Waals surface area contributed by atoms with E-state index >= 15 is 0 Å². The number of aliphatic hydroxyl groups excluding tert-OH is 1. The molecule has 12 nitrogen and oxygen atoms in total. The predicted octanol–water partition coefficient (Wildman–Crippen LogP) is 0.0589. The van der Waals surface area contributed by atoms with Crippen molar-refractivity contribution >= 4 is 23.5 Å². The zero-order valence-electron chi connectivity index (χ0n) is 16.5. The van der Waals surface area contributed by atoms with E-state index in [0.717, 1.165) is 6.92 Å². The van der Waals surface area contributed by atoms with Crippen LogP contribution in [0.4, 0.5) is 5.69 Å². The molecule has 0 radical (unpaired) electrons. The van der Waals surface area contributed by atoms with Gasteiger partial charge in [0.25, 0.3) is 5.69 Å².